The molecule has 0 radical (unpaired) electrons. The Hall–Kier alpha value is -1.43. The van der Waals surface area contributed by atoms with Crippen LogP contribution in [0.25, 0.3) is 0 Å². The van der Waals surface area contributed by atoms with Gasteiger partial charge in [-0.15, -0.1) is 0 Å². The van der Waals surface area contributed by atoms with Crippen molar-refractivity contribution in [3.63, 3.8) is 0 Å². The topological polar surface area (TPSA) is 81.0 Å². The van der Waals surface area contributed by atoms with Gasteiger partial charge in [0.25, 0.3) is 5.91 Å². The molecular formula is C26H48N2O5Si2. The zero-order valence-electron chi connectivity index (χ0n) is 23.8. The molecule has 1 unspecified atom stereocenters. The van der Waals surface area contributed by atoms with E-state index in [9.17, 15) is 9.59 Å². The minimum absolute atomic E-state index is 0.0185. The molecule has 1 aliphatic rings. The first-order valence-electron chi connectivity index (χ1n) is 12.9. The number of rotatable bonds is 9. The number of nitrogens with one attached hydrogen (secondary N) is 1. The number of hydrogen-bond acceptors (Lipinski definition) is 5. The molecule has 9 heteroatoms. The van der Waals surface area contributed by atoms with Crippen molar-refractivity contribution in [3.8, 4) is 0 Å². The Morgan fingerprint density at radius 3 is 2.11 bits per heavy atom. The third kappa shape index (κ3) is 6.87. The number of unbranched alkanes of at least 4 members (excludes halogenated alkanes) is 1. The van der Waals surface area contributed by atoms with Crippen molar-refractivity contribution in [2.45, 2.75) is 116 Å². The standard InChI is InChI=1S/C26H48N2O5Si2/c1-12-13-15-27-23(29)21-22(33-35(10,11)26(5,6)7)20(32-34(8,9)25(2,3)4)17-28(21)24(30)19-14-16-31-18-19/h14,16,18,20-22H,12-13,15,17H2,1-11H3,(H,27,29)/t20-,21?,22+/m0/s1. The van der Waals surface area contributed by atoms with Crippen molar-refractivity contribution in [2.24, 2.45) is 0 Å². The normalized spacial score (nSPS) is 21.9. The maximum atomic E-state index is 13.6. The van der Waals surface area contributed by atoms with Crippen molar-refractivity contribution < 1.29 is 22.9 Å². The molecule has 1 aliphatic heterocycles. The molecule has 35 heavy (non-hydrogen) atoms. The van der Waals surface area contributed by atoms with Gasteiger partial charge in [0, 0.05) is 13.1 Å². The summed E-state index contributed by atoms with van der Waals surface area (Å²) in [6.45, 7) is 24.9. The third-order valence-electron chi connectivity index (χ3n) is 8.01. The molecule has 0 bridgehead atoms. The van der Waals surface area contributed by atoms with E-state index < -0.39 is 28.8 Å². The first-order chi connectivity index (χ1) is 15.9. The van der Waals surface area contributed by atoms with Crippen LogP contribution in [-0.2, 0) is 13.6 Å². The molecule has 1 saturated heterocycles. The van der Waals surface area contributed by atoms with Crippen LogP contribution in [-0.4, -0.2) is 64.7 Å². The number of carbonyl (C=O) groups excluding carboxylic acids is 2. The molecule has 0 spiro atoms. The van der Waals surface area contributed by atoms with Crippen molar-refractivity contribution in [3.05, 3.63) is 24.2 Å². The number of likely N-dealkylation sites (tertiary alicyclic amines) is 1. The minimum atomic E-state index is -2.29. The fraction of sp³-hybridized carbons (Fsp3) is 0.769. The summed E-state index contributed by atoms with van der Waals surface area (Å²) in [5.41, 5.74) is 0.426. The van der Waals surface area contributed by atoms with Crippen molar-refractivity contribution in [1.82, 2.24) is 10.2 Å². The SMILES string of the molecule is CCCCNC(=O)C1[C@H](O[Si](C)(C)C(C)(C)C)[C@@H](O[Si](C)(C)C(C)(C)C)CN1C(=O)c1ccoc1. The highest BCUT2D eigenvalue weighted by atomic mass is 28.4. The van der Waals surface area contributed by atoms with E-state index in [2.05, 4.69) is 80.0 Å². The smallest absolute Gasteiger partial charge is 0.257 e. The lowest BCUT2D eigenvalue weighted by atomic mass is 10.1. The van der Waals surface area contributed by atoms with Crippen LogP contribution < -0.4 is 5.32 Å². The highest BCUT2D eigenvalue weighted by Gasteiger charge is 2.55. The van der Waals surface area contributed by atoms with E-state index in [1.54, 1.807) is 11.0 Å². The van der Waals surface area contributed by atoms with Crippen LogP contribution in [0.5, 0.6) is 0 Å². The fourth-order valence-corrected chi connectivity index (χ4v) is 6.29. The summed E-state index contributed by atoms with van der Waals surface area (Å²) in [6, 6.07) is 0.873. The molecule has 0 aliphatic carbocycles. The van der Waals surface area contributed by atoms with Gasteiger partial charge in [-0.3, -0.25) is 9.59 Å². The molecule has 2 rings (SSSR count). The van der Waals surface area contributed by atoms with E-state index in [0.717, 1.165) is 12.8 Å². The minimum Gasteiger partial charge on any atom is -0.472 e. The second kappa shape index (κ2) is 10.9. The van der Waals surface area contributed by atoms with Crippen LogP contribution in [0, 0.1) is 0 Å². The Morgan fingerprint density at radius 2 is 1.63 bits per heavy atom. The fourth-order valence-electron chi connectivity index (χ4n) is 3.65. The van der Waals surface area contributed by atoms with Gasteiger partial charge in [-0.1, -0.05) is 54.9 Å². The first kappa shape index (κ1) is 29.8. The van der Waals surface area contributed by atoms with Crippen LogP contribution in [0.2, 0.25) is 36.3 Å². The molecule has 0 aromatic carbocycles. The van der Waals surface area contributed by atoms with Gasteiger partial charge in [0.1, 0.15) is 18.4 Å². The molecule has 200 valence electrons. The summed E-state index contributed by atoms with van der Waals surface area (Å²) in [5, 5.41) is 2.98. The third-order valence-corrected chi connectivity index (χ3v) is 17.0. The average Bonchev–Trinajstić information content (AvgIpc) is 3.34. The Morgan fingerprint density at radius 1 is 1.06 bits per heavy atom. The molecule has 0 saturated carbocycles. The Bertz CT molecular complexity index is 856. The van der Waals surface area contributed by atoms with Crippen LogP contribution in [0.3, 0.4) is 0 Å². The van der Waals surface area contributed by atoms with Gasteiger partial charge in [-0.25, -0.2) is 0 Å². The van der Waals surface area contributed by atoms with Gasteiger partial charge in [0.05, 0.1) is 17.9 Å². The predicted molar refractivity (Wildman–Crippen MR) is 146 cm³/mol. The molecule has 2 amide bonds. The van der Waals surface area contributed by atoms with Crippen LogP contribution in [0.4, 0.5) is 0 Å². The molecule has 1 N–H and O–H groups in total. The van der Waals surface area contributed by atoms with Crippen molar-refractivity contribution >= 4 is 28.4 Å². The summed E-state index contributed by atoms with van der Waals surface area (Å²) in [5.74, 6) is -0.417. The Balaban J connectivity index is 2.54. The van der Waals surface area contributed by atoms with Gasteiger partial charge in [0.15, 0.2) is 16.6 Å². The van der Waals surface area contributed by atoms with E-state index in [1.165, 1.54) is 12.5 Å². The summed E-state index contributed by atoms with van der Waals surface area (Å²) in [4.78, 5) is 28.8. The lowest BCUT2D eigenvalue weighted by molar-refractivity contribution is -0.127. The summed E-state index contributed by atoms with van der Waals surface area (Å²) >= 11 is 0. The maximum absolute atomic E-state index is 13.6. The Labute approximate surface area is 214 Å². The van der Waals surface area contributed by atoms with E-state index in [0.29, 0.717) is 18.7 Å². The average molecular weight is 525 g/mol. The van der Waals surface area contributed by atoms with Gasteiger partial charge < -0.3 is 23.5 Å². The zero-order chi connectivity index (χ0) is 26.8. The summed E-state index contributed by atoms with van der Waals surface area (Å²) in [6.07, 6.45) is 3.84. The van der Waals surface area contributed by atoms with Gasteiger partial charge in [-0.2, -0.15) is 0 Å². The quantitative estimate of drug-likeness (QED) is 0.326. The molecule has 1 aromatic heterocycles. The number of furan rings is 1. The van der Waals surface area contributed by atoms with E-state index >= 15 is 0 Å². The molecule has 3 atom stereocenters. The predicted octanol–water partition coefficient (Wildman–Crippen LogP) is 5.80. The largest absolute Gasteiger partial charge is 0.472 e. The van der Waals surface area contributed by atoms with E-state index in [1.807, 2.05) is 0 Å². The summed E-state index contributed by atoms with van der Waals surface area (Å²) in [7, 11) is -4.50. The van der Waals surface area contributed by atoms with E-state index in [4.69, 9.17) is 13.3 Å². The summed E-state index contributed by atoms with van der Waals surface area (Å²) < 4.78 is 19.0. The zero-order valence-corrected chi connectivity index (χ0v) is 25.8. The number of nitrogens with zero attached hydrogens (tertiary/aromatic N) is 1. The lowest BCUT2D eigenvalue weighted by Gasteiger charge is -2.43. The molecule has 7 nitrogen and oxygen atoms in total. The second-order valence-electron chi connectivity index (χ2n) is 12.8. The number of carbonyl (C=O) groups is 2. The van der Waals surface area contributed by atoms with Crippen LogP contribution in [0.15, 0.2) is 23.0 Å². The number of hydrogen-bond donors (Lipinski definition) is 1. The highest BCUT2D eigenvalue weighted by Crippen LogP contribution is 2.43. The van der Waals surface area contributed by atoms with Gasteiger partial charge in [-0.05, 0) is 48.8 Å². The second-order valence-corrected chi connectivity index (χ2v) is 22.3. The monoisotopic (exact) mass is 524 g/mol. The van der Waals surface area contributed by atoms with Crippen molar-refractivity contribution in [1.29, 1.82) is 0 Å². The van der Waals surface area contributed by atoms with Gasteiger partial charge in [0.2, 0.25) is 5.91 Å². The molecular weight excluding hydrogens is 476 g/mol. The molecule has 2 heterocycles. The maximum Gasteiger partial charge on any atom is 0.257 e. The first-order valence-corrected chi connectivity index (χ1v) is 18.7. The van der Waals surface area contributed by atoms with Crippen molar-refractivity contribution in [2.75, 3.05) is 13.1 Å². The Kier molecular flexibility index (Phi) is 9.28. The molecule has 1 fully saturated rings. The lowest BCUT2D eigenvalue weighted by Crippen LogP contribution is -2.56. The van der Waals surface area contributed by atoms with Crippen LogP contribution >= 0.6 is 0 Å². The highest BCUT2D eigenvalue weighted by molar-refractivity contribution is 6.74. The molecule has 1 aromatic rings. The van der Waals surface area contributed by atoms with Crippen LogP contribution in [0.1, 0.15) is 71.7 Å². The van der Waals surface area contributed by atoms with E-state index in [-0.39, 0.29) is 28.0 Å². The van der Waals surface area contributed by atoms with Gasteiger partial charge >= 0.3 is 0 Å². The number of amides is 2.